The lowest BCUT2D eigenvalue weighted by molar-refractivity contribution is 0.0877. The van der Waals surface area contributed by atoms with Gasteiger partial charge in [-0.3, -0.25) is 10.2 Å². The van der Waals surface area contributed by atoms with E-state index in [9.17, 15) is 0 Å². The topological polar surface area (TPSA) is 30.5 Å². The Labute approximate surface area is 122 Å². The molecule has 0 radical (unpaired) electrons. The van der Waals surface area contributed by atoms with Crippen molar-refractivity contribution < 1.29 is 0 Å². The van der Waals surface area contributed by atoms with Crippen LogP contribution in [-0.2, 0) is 0 Å². The Morgan fingerprint density at radius 3 is 2.60 bits per heavy atom. The lowest BCUT2D eigenvalue weighted by Crippen LogP contribution is -2.55. The van der Waals surface area contributed by atoms with Crippen molar-refractivity contribution in [2.75, 3.05) is 45.1 Å². The van der Waals surface area contributed by atoms with Crippen molar-refractivity contribution >= 4 is 5.69 Å². The number of piperidine rings is 1. The predicted octanol–water partition coefficient (Wildman–Crippen LogP) is 1.42. The molecule has 20 heavy (non-hydrogen) atoms. The van der Waals surface area contributed by atoms with Crippen LogP contribution in [0, 0.1) is 0 Å². The van der Waals surface area contributed by atoms with E-state index in [1.807, 2.05) is 0 Å². The van der Waals surface area contributed by atoms with Gasteiger partial charge in [0, 0.05) is 37.9 Å². The summed E-state index contributed by atoms with van der Waals surface area (Å²) >= 11 is 0. The first kappa shape index (κ1) is 13.9. The van der Waals surface area contributed by atoms with Gasteiger partial charge in [0.2, 0.25) is 0 Å². The number of likely N-dealkylation sites (N-methyl/N-ethyl adjacent to an activating group) is 1. The molecule has 2 aliphatic heterocycles. The first-order chi connectivity index (χ1) is 9.81. The lowest BCUT2D eigenvalue weighted by atomic mass is 10.0. The summed E-state index contributed by atoms with van der Waals surface area (Å²) in [7, 11) is 2.22. The Hall–Kier alpha value is -1.10. The zero-order chi connectivity index (χ0) is 13.8. The third kappa shape index (κ3) is 3.51. The zero-order valence-electron chi connectivity index (χ0n) is 12.4. The molecule has 2 saturated heterocycles. The van der Waals surface area contributed by atoms with Crippen molar-refractivity contribution in [2.45, 2.75) is 25.0 Å². The molecular weight excluding hydrogens is 248 g/mol. The Kier molecular flexibility index (Phi) is 4.55. The molecule has 0 aliphatic carbocycles. The Morgan fingerprint density at radius 1 is 1.10 bits per heavy atom. The van der Waals surface area contributed by atoms with Crippen molar-refractivity contribution in [3.8, 4) is 0 Å². The summed E-state index contributed by atoms with van der Waals surface area (Å²) in [5, 5.41) is 7.21. The van der Waals surface area contributed by atoms with Crippen molar-refractivity contribution in [3.63, 3.8) is 0 Å². The summed E-state index contributed by atoms with van der Waals surface area (Å²) in [6, 6.07) is 11.2. The van der Waals surface area contributed by atoms with E-state index in [1.54, 1.807) is 0 Å². The van der Waals surface area contributed by atoms with Crippen LogP contribution in [0.15, 0.2) is 30.3 Å². The summed E-state index contributed by atoms with van der Waals surface area (Å²) < 4.78 is 0. The second kappa shape index (κ2) is 6.57. The number of piperazine rings is 1. The normalized spacial score (nSPS) is 29.2. The number of anilines is 1. The zero-order valence-corrected chi connectivity index (χ0v) is 12.4. The highest BCUT2D eigenvalue weighted by atomic mass is 15.3. The van der Waals surface area contributed by atoms with Gasteiger partial charge in [-0.1, -0.05) is 18.2 Å². The van der Waals surface area contributed by atoms with E-state index in [0.29, 0.717) is 6.17 Å². The van der Waals surface area contributed by atoms with Crippen LogP contribution < -0.4 is 10.6 Å². The summed E-state index contributed by atoms with van der Waals surface area (Å²) in [6.45, 7) is 5.97. The highest BCUT2D eigenvalue weighted by Gasteiger charge is 2.27. The third-order valence-corrected chi connectivity index (χ3v) is 4.55. The Balaban J connectivity index is 1.54. The van der Waals surface area contributed by atoms with E-state index in [1.165, 1.54) is 44.7 Å². The molecule has 4 heteroatoms. The predicted molar refractivity (Wildman–Crippen MR) is 83.9 cm³/mol. The van der Waals surface area contributed by atoms with Gasteiger partial charge in [-0.2, -0.15) is 0 Å². The summed E-state index contributed by atoms with van der Waals surface area (Å²) in [5.74, 6) is 0. The van der Waals surface area contributed by atoms with Crippen molar-refractivity contribution in [1.82, 2.24) is 15.1 Å². The van der Waals surface area contributed by atoms with Gasteiger partial charge in [-0.15, -0.1) is 0 Å². The van der Waals surface area contributed by atoms with Crippen molar-refractivity contribution in [2.24, 2.45) is 0 Å². The summed E-state index contributed by atoms with van der Waals surface area (Å²) in [6.07, 6.45) is 2.87. The van der Waals surface area contributed by atoms with Crippen LogP contribution in [0.3, 0.4) is 0 Å². The van der Waals surface area contributed by atoms with Gasteiger partial charge in [0.25, 0.3) is 0 Å². The number of nitrogens with one attached hydrogen (secondary N) is 2. The number of benzene rings is 1. The molecule has 2 unspecified atom stereocenters. The number of rotatable bonds is 3. The summed E-state index contributed by atoms with van der Waals surface area (Å²) in [5.41, 5.74) is 1.21. The minimum Gasteiger partial charge on any atom is -0.370 e. The molecule has 0 aromatic heterocycles. The van der Waals surface area contributed by atoms with Crippen molar-refractivity contribution in [3.05, 3.63) is 30.3 Å². The number of para-hydroxylation sites is 1. The molecule has 0 saturated carbocycles. The van der Waals surface area contributed by atoms with E-state index in [2.05, 4.69) is 57.8 Å². The molecule has 0 bridgehead atoms. The summed E-state index contributed by atoms with van der Waals surface area (Å²) in [4.78, 5) is 5.11. The molecule has 0 amide bonds. The first-order valence-electron chi connectivity index (χ1n) is 7.79. The molecule has 1 aromatic rings. The maximum Gasteiger partial charge on any atom is 0.0783 e. The highest BCUT2D eigenvalue weighted by Crippen LogP contribution is 2.19. The average Bonchev–Trinajstić information content (AvgIpc) is 2.49. The van der Waals surface area contributed by atoms with Crippen LogP contribution in [0.2, 0.25) is 0 Å². The Bertz CT molecular complexity index is 400. The van der Waals surface area contributed by atoms with E-state index >= 15 is 0 Å². The molecule has 2 heterocycles. The van der Waals surface area contributed by atoms with Crippen LogP contribution in [0.4, 0.5) is 5.69 Å². The van der Waals surface area contributed by atoms with E-state index in [0.717, 1.165) is 12.6 Å². The molecule has 1 aromatic carbocycles. The number of hydrogen-bond donors (Lipinski definition) is 2. The molecule has 0 spiro atoms. The second-order valence-electron chi connectivity index (χ2n) is 6.03. The quantitative estimate of drug-likeness (QED) is 0.873. The van der Waals surface area contributed by atoms with Gasteiger partial charge in [0.15, 0.2) is 0 Å². The molecule has 2 atom stereocenters. The number of nitrogens with zero attached hydrogens (tertiary/aromatic N) is 2. The van der Waals surface area contributed by atoms with Gasteiger partial charge in [0.1, 0.15) is 0 Å². The molecule has 2 aliphatic rings. The average molecular weight is 274 g/mol. The minimum absolute atomic E-state index is 0.399. The van der Waals surface area contributed by atoms with E-state index in [4.69, 9.17) is 0 Å². The molecule has 2 N–H and O–H groups in total. The van der Waals surface area contributed by atoms with Gasteiger partial charge in [0.05, 0.1) is 6.17 Å². The fraction of sp³-hybridized carbons (Fsp3) is 0.625. The van der Waals surface area contributed by atoms with Crippen LogP contribution in [0.1, 0.15) is 12.8 Å². The number of hydrogen-bond acceptors (Lipinski definition) is 4. The second-order valence-corrected chi connectivity index (χ2v) is 6.03. The SMILES string of the molecule is CN1CCN(C2CCNC(Nc3ccccc3)C2)CC1. The minimum atomic E-state index is 0.399. The van der Waals surface area contributed by atoms with Crippen LogP contribution in [0.5, 0.6) is 0 Å². The highest BCUT2D eigenvalue weighted by molar-refractivity contribution is 5.43. The van der Waals surface area contributed by atoms with E-state index < -0.39 is 0 Å². The Morgan fingerprint density at radius 2 is 1.85 bits per heavy atom. The lowest BCUT2D eigenvalue weighted by Gasteiger charge is -2.42. The molecule has 3 rings (SSSR count). The van der Waals surface area contributed by atoms with Gasteiger partial charge >= 0.3 is 0 Å². The van der Waals surface area contributed by atoms with Gasteiger partial charge in [-0.05, 0) is 38.6 Å². The van der Waals surface area contributed by atoms with Gasteiger partial charge < -0.3 is 10.2 Å². The van der Waals surface area contributed by atoms with Crippen LogP contribution in [-0.4, -0.2) is 61.8 Å². The smallest absolute Gasteiger partial charge is 0.0783 e. The standard InChI is InChI=1S/C16H26N4/c1-19-9-11-20(12-10-19)15-7-8-17-16(13-15)18-14-5-3-2-4-6-14/h2-6,15-18H,7-13H2,1H3. The van der Waals surface area contributed by atoms with Crippen molar-refractivity contribution in [1.29, 1.82) is 0 Å². The molecule has 2 fully saturated rings. The largest absolute Gasteiger partial charge is 0.370 e. The maximum absolute atomic E-state index is 3.61. The molecule has 110 valence electrons. The third-order valence-electron chi connectivity index (χ3n) is 4.55. The van der Waals surface area contributed by atoms with E-state index in [-0.39, 0.29) is 0 Å². The molecular formula is C16H26N4. The first-order valence-corrected chi connectivity index (χ1v) is 7.79. The monoisotopic (exact) mass is 274 g/mol. The fourth-order valence-electron chi connectivity index (χ4n) is 3.26. The van der Waals surface area contributed by atoms with Crippen LogP contribution in [0.25, 0.3) is 0 Å². The fourth-order valence-corrected chi connectivity index (χ4v) is 3.26. The van der Waals surface area contributed by atoms with Gasteiger partial charge in [-0.25, -0.2) is 0 Å². The molecule has 4 nitrogen and oxygen atoms in total. The maximum atomic E-state index is 3.61. The van der Waals surface area contributed by atoms with Crippen LogP contribution >= 0.6 is 0 Å².